The van der Waals surface area contributed by atoms with Crippen molar-refractivity contribution in [3.63, 3.8) is 0 Å². The molecular formula is C26H36N4O5S. The molecule has 1 saturated carbocycles. The van der Waals surface area contributed by atoms with Crippen LogP contribution in [0, 0.1) is 0 Å². The van der Waals surface area contributed by atoms with Gasteiger partial charge in [-0.25, -0.2) is 4.31 Å². The molecule has 1 atom stereocenters. The van der Waals surface area contributed by atoms with Gasteiger partial charge in [-0.2, -0.15) is 12.7 Å². The SMILES string of the molecule is COc1ccc(CN(C(=O)CN(c2ccccc2)S(=O)(=O)N(C)C)[C@H](C)C(=O)NC2CCCC2)cc1. The fourth-order valence-electron chi connectivity index (χ4n) is 4.21. The minimum Gasteiger partial charge on any atom is -0.497 e. The van der Waals surface area contributed by atoms with Crippen molar-refractivity contribution in [2.75, 3.05) is 32.1 Å². The molecule has 2 amide bonds. The number of hydrogen-bond acceptors (Lipinski definition) is 5. The van der Waals surface area contributed by atoms with Crippen molar-refractivity contribution in [1.82, 2.24) is 14.5 Å². The van der Waals surface area contributed by atoms with Crippen molar-refractivity contribution in [3.8, 4) is 5.75 Å². The molecule has 0 unspecified atom stereocenters. The zero-order valence-electron chi connectivity index (χ0n) is 21.4. The minimum atomic E-state index is -3.96. The van der Waals surface area contributed by atoms with E-state index in [1.54, 1.807) is 56.5 Å². The Morgan fingerprint density at radius 1 is 1.03 bits per heavy atom. The summed E-state index contributed by atoms with van der Waals surface area (Å²) in [6, 6.07) is 15.0. The lowest BCUT2D eigenvalue weighted by atomic mass is 10.1. The van der Waals surface area contributed by atoms with E-state index in [-0.39, 0.29) is 18.5 Å². The van der Waals surface area contributed by atoms with E-state index in [0.29, 0.717) is 11.4 Å². The van der Waals surface area contributed by atoms with Crippen molar-refractivity contribution in [1.29, 1.82) is 0 Å². The maximum Gasteiger partial charge on any atom is 0.304 e. The number of carbonyl (C=O) groups is 2. The summed E-state index contributed by atoms with van der Waals surface area (Å²) in [6.07, 6.45) is 3.99. The lowest BCUT2D eigenvalue weighted by Gasteiger charge is -2.33. The maximum atomic E-state index is 13.7. The van der Waals surface area contributed by atoms with Gasteiger partial charge in [0.25, 0.3) is 0 Å². The van der Waals surface area contributed by atoms with Crippen molar-refractivity contribution < 1.29 is 22.7 Å². The number of nitrogens with one attached hydrogen (secondary N) is 1. The second-order valence-electron chi connectivity index (χ2n) is 9.17. The number of ether oxygens (including phenoxy) is 1. The summed E-state index contributed by atoms with van der Waals surface area (Å²) >= 11 is 0. The molecule has 0 aliphatic heterocycles. The number of carbonyl (C=O) groups excluding carboxylic acids is 2. The van der Waals surface area contributed by atoms with Crippen LogP contribution in [0.3, 0.4) is 0 Å². The number of anilines is 1. The molecule has 9 nitrogen and oxygen atoms in total. The van der Waals surface area contributed by atoms with Gasteiger partial charge in [-0.05, 0) is 49.6 Å². The summed E-state index contributed by atoms with van der Waals surface area (Å²) in [5.41, 5.74) is 1.17. The fourth-order valence-corrected chi connectivity index (χ4v) is 5.27. The zero-order valence-corrected chi connectivity index (χ0v) is 22.2. The molecule has 0 radical (unpaired) electrons. The Balaban J connectivity index is 1.90. The number of nitrogens with zero attached hydrogens (tertiary/aromatic N) is 3. The highest BCUT2D eigenvalue weighted by atomic mass is 32.2. The standard InChI is InChI=1S/C26H36N4O5S/c1-20(26(32)27-22-10-8-9-11-22)29(18-21-14-16-24(35-4)17-15-21)25(31)19-30(36(33,34)28(2)3)23-12-6-5-7-13-23/h5-7,12-17,20,22H,8-11,18-19H2,1-4H3,(H,27,32)/t20-/m1/s1. The van der Waals surface area contributed by atoms with E-state index in [9.17, 15) is 18.0 Å². The Labute approximate surface area is 214 Å². The number of para-hydroxylation sites is 1. The van der Waals surface area contributed by atoms with Crippen LogP contribution in [0.1, 0.15) is 38.2 Å². The fraction of sp³-hybridized carbons (Fsp3) is 0.462. The largest absolute Gasteiger partial charge is 0.497 e. The van der Waals surface area contributed by atoms with Crippen LogP contribution in [-0.2, 0) is 26.3 Å². The van der Waals surface area contributed by atoms with Crippen LogP contribution in [0.5, 0.6) is 5.75 Å². The predicted octanol–water partition coefficient (Wildman–Crippen LogP) is 2.78. The molecule has 2 aromatic carbocycles. The molecule has 1 N–H and O–H groups in total. The Morgan fingerprint density at radius 3 is 2.19 bits per heavy atom. The summed E-state index contributed by atoms with van der Waals surface area (Å²) in [6.45, 7) is 1.38. The van der Waals surface area contributed by atoms with Crippen molar-refractivity contribution in [2.24, 2.45) is 0 Å². The van der Waals surface area contributed by atoms with E-state index in [2.05, 4.69) is 5.32 Å². The van der Waals surface area contributed by atoms with Gasteiger partial charge in [0, 0.05) is 26.7 Å². The summed E-state index contributed by atoms with van der Waals surface area (Å²) in [5.74, 6) is -0.0457. The van der Waals surface area contributed by atoms with Gasteiger partial charge in [-0.3, -0.25) is 9.59 Å². The Kier molecular flexibility index (Phi) is 9.33. The van der Waals surface area contributed by atoms with E-state index in [4.69, 9.17) is 4.74 Å². The molecule has 0 heterocycles. The third-order valence-corrected chi connectivity index (χ3v) is 8.26. The lowest BCUT2D eigenvalue weighted by molar-refractivity contribution is -0.139. The smallest absolute Gasteiger partial charge is 0.304 e. The first-order valence-electron chi connectivity index (χ1n) is 12.1. The van der Waals surface area contributed by atoms with E-state index in [1.807, 2.05) is 12.1 Å². The normalized spacial score (nSPS) is 14.9. The van der Waals surface area contributed by atoms with Crippen LogP contribution in [0.15, 0.2) is 54.6 Å². The van der Waals surface area contributed by atoms with Crippen LogP contribution in [-0.4, -0.2) is 69.3 Å². The topological polar surface area (TPSA) is 99.3 Å². The first kappa shape index (κ1) is 27.5. The van der Waals surface area contributed by atoms with Gasteiger partial charge in [-0.1, -0.05) is 43.2 Å². The molecule has 3 rings (SSSR count). The molecular weight excluding hydrogens is 480 g/mol. The number of benzene rings is 2. The van der Waals surface area contributed by atoms with Crippen molar-refractivity contribution in [3.05, 3.63) is 60.2 Å². The highest BCUT2D eigenvalue weighted by molar-refractivity contribution is 7.90. The van der Waals surface area contributed by atoms with Gasteiger partial charge < -0.3 is 15.0 Å². The Hall–Kier alpha value is -3.11. The average molecular weight is 517 g/mol. The van der Waals surface area contributed by atoms with Crippen LogP contribution in [0.2, 0.25) is 0 Å². The molecule has 2 aromatic rings. The van der Waals surface area contributed by atoms with Crippen LogP contribution >= 0.6 is 0 Å². The average Bonchev–Trinajstić information content (AvgIpc) is 3.39. The molecule has 10 heteroatoms. The molecule has 1 aliphatic rings. The molecule has 36 heavy (non-hydrogen) atoms. The third kappa shape index (κ3) is 6.76. The van der Waals surface area contributed by atoms with Gasteiger partial charge >= 0.3 is 10.2 Å². The first-order chi connectivity index (χ1) is 17.1. The minimum absolute atomic E-state index is 0.104. The Bertz CT molecular complexity index is 1120. The second kappa shape index (κ2) is 12.2. The summed E-state index contributed by atoms with van der Waals surface area (Å²) in [4.78, 5) is 28.3. The first-order valence-corrected chi connectivity index (χ1v) is 13.5. The summed E-state index contributed by atoms with van der Waals surface area (Å²) in [5, 5.41) is 3.06. The zero-order chi connectivity index (χ0) is 26.3. The molecule has 196 valence electrons. The summed E-state index contributed by atoms with van der Waals surface area (Å²) in [7, 11) is 0.446. The Morgan fingerprint density at radius 2 is 1.64 bits per heavy atom. The molecule has 0 spiro atoms. The highest BCUT2D eigenvalue weighted by Gasteiger charge is 2.33. The third-order valence-electron chi connectivity index (χ3n) is 6.44. The maximum absolute atomic E-state index is 13.7. The van der Waals surface area contributed by atoms with E-state index in [0.717, 1.165) is 39.9 Å². The van der Waals surface area contributed by atoms with Crippen LogP contribution in [0.4, 0.5) is 5.69 Å². The summed E-state index contributed by atoms with van der Waals surface area (Å²) < 4.78 is 33.6. The van der Waals surface area contributed by atoms with E-state index >= 15 is 0 Å². The van der Waals surface area contributed by atoms with Gasteiger partial charge in [0.2, 0.25) is 11.8 Å². The predicted molar refractivity (Wildman–Crippen MR) is 140 cm³/mol. The van der Waals surface area contributed by atoms with Gasteiger partial charge in [0.05, 0.1) is 12.8 Å². The van der Waals surface area contributed by atoms with Gasteiger partial charge in [0.1, 0.15) is 18.3 Å². The molecule has 0 saturated heterocycles. The van der Waals surface area contributed by atoms with Crippen LogP contribution in [0.25, 0.3) is 0 Å². The molecule has 1 aliphatic carbocycles. The molecule has 1 fully saturated rings. The van der Waals surface area contributed by atoms with E-state index in [1.165, 1.54) is 19.0 Å². The number of methoxy groups -OCH3 is 1. The molecule has 0 aromatic heterocycles. The number of rotatable bonds is 11. The van der Waals surface area contributed by atoms with E-state index < -0.39 is 28.7 Å². The quantitative estimate of drug-likeness (QED) is 0.495. The van der Waals surface area contributed by atoms with Crippen LogP contribution < -0.4 is 14.4 Å². The van der Waals surface area contributed by atoms with Crippen molar-refractivity contribution in [2.45, 2.75) is 51.2 Å². The lowest BCUT2D eigenvalue weighted by Crippen LogP contribution is -2.53. The monoisotopic (exact) mass is 516 g/mol. The highest BCUT2D eigenvalue weighted by Crippen LogP contribution is 2.22. The molecule has 0 bridgehead atoms. The number of amides is 2. The number of hydrogen-bond donors (Lipinski definition) is 1. The van der Waals surface area contributed by atoms with Gasteiger partial charge in [0.15, 0.2) is 0 Å². The second-order valence-corrected chi connectivity index (χ2v) is 11.2. The van der Waals surface area contributed by atoms with Gasteiger partial charge in [-0.15, -0.1) is 0 Å². The van der Waals surface area contributed by atoms with Crippen molar-refractivity contribution >= 4 is 27.7 Å².